The molecule has 0 heterocycles. The van der Waals surface area contributed by atoms with Crippen molar-refractivity contribution in [3.05, 3.63) is 12.2 Å². The highest BCUT2D eigenvalue weighted by Gasteiger charge is 2.56. The van der Waals surface area contributed by atoms with E-state index in [0.717, 1.165) is 19.3 Å². The van der Waals surface area contributed by atoms with Crippen molar-refractivity contribution in [2.24, 2.45) is 0 Å². The second kappa shape index (κ2) is 26.5. The van der Waals surface area contributed by atoms with Crippen LogP contribution in [0.2, 0.25) is 0 Å². The fourth-order valence-corrected chi connectivity index (χ4v) is 6.81. The van der Waals surface area contributed by atoms with Crippen LogP contribution >= 0.6 is 0 Å². The summed E-state index contributed by atoms with van der Waals surface area (Å²) >= 11 is 0. The maximum Gasteiger partial charge on any atom is 0.362 e. The Hall–Kier alpha value is -1.89. The molecule has 0 aromatic heterocycles. The quantitative estimate of drug-likeness (QED) is 0.0409. The molecule has 7 nitrogen and oxygen atoms in total. The van der Waals surface area contributed by atoms with Gasteiger partial charge in [-0.05, 0) is 57.8 Å². The van der Waals surface area contributed by atoms with Gasteiger partial charge in [0.1, 0.15) is 0 Å². The standard InChI is InChI=1S/C36H67NO6/c1-5-9-10-11-12-13-14-15-16-17-18-19-20-21-22-23-24-25-26-30-37(31(27-6-2)34(38)39,32(28-7-3)35(40)41)33(29-8-4)36(42)43/h15-16,31-33H,5-14,17-30H2,1-4H3,(H2-,38,39,40,41,42,43)/p+1/b16-15+. The third-order valence-electron chi connectivity index (χ3n) is 9.09. The number of rotatable bonds is 31. The highest BCUT2D eigenvalue weighted by molar-refractivity contribution is 5.78. The molecular weight excluding hydrogens is 542 g/mol. The van der Waals surface area contributed by atoms with E-state index in [0.29, 0.717) is 25.7 Å². The van der Waals surface area contributed by atoms with E-state index < -0.39 is 36.0 Å². The van der Waals surface area contributed by atoms with Crippen LogP contribution in [0.25, 0.3) is 0 Å². The molecule has 0 aliphatic carbocycles. The van der Waals surface area contributed by atoms with Crippen molar-refractivity contribution in [3.8, 4) is 0 Å². The normalized spacial score (nSPS) is 15.3. The van der Waals surface area contributed by atoms with Crippen LogP contribution in [0.5, 0.6) is 0 Å². The number of unbranched alkanes of at least 4 members (excludes halogenated alkanes) is 15. The number of aliphatic carboxylic acids is 3. The summed E-state index contributed by atoms with van der Waals surface area (Å²) in [5.74, 6) is -3.25. The molecule has 0 radical (unpaired) electrons. The fourth-order valence-electron chi connectivity index (χ4n) is 6.81. The number of carboxylic acids is 3. The van der Waals surface area contributed by atoms with E-state index in [1.54, 1.807) is 0 Å². The van der Waals surface area contributed by atoms with Crippen LogP contribution in [-0.4, -0.2) is 62.4 Å². The molecule has 3 N–H and O–H groups in total. The monoisotopic (exact) mass is 611 g/mol. The van der Waals surface area contributed by atoms with Gasteiger partial charge < -0.3 is 15.3 Å². The van der Waals surface area contributed by atoms with Crippen LogP contribution in [0.1, 0.15) is 175 Å². The van der Waals surface area contributed by atoms with Gasteiger partial charge in [-0.15, -0.1) is 0 Å². The largest absolute Gasteiger partial charge is 0.477 e. The molecule has 0 aliphatic heterocycles. The van der Waals surface area contributed by atoms with Crippen molar-refractivity contribution in [3.63, 3.8) is 0 Å². The summed E-state index contributed by atoms with van der Waals surface area (Å²) in [5, 5.41) is 30.9. The molecule has 0 fully saturated rings. The third-order valence-corrected chi connectivity index (χ3v) is 9.09. The molecule has 0 amide bonds. The van der Waals surface area contributed by atoms with Crippen LogP contribution in [0, 0.1) is 0 Å². The molecule has 43 heavy (non-hydrogen) atoms. The molecular formula is C36H68NO6+. The summed E-state index contributed by atoms with van der Waals surface area (Å²) in [6.45, 7) is 8.17. The van der Waals surface area contributed by atoms with Crippen LogP contribution in [0.3, 0.4) is 0 Å². The van der Waals surface area contributed by atoms with Gasteiger partial charge in [-0.25, -0.2) is 14.4 Å². The number of nitrogens with zero attached hydrogens (tertiary/aromatic N) is 1. The minimum absolute atomic E-state index is 0.269. The Morgan fingerprint density at radius 1 is 0.465 bits per heavy atom. The lowest BCUT2D eigenvalue weighted by molar-refractivity contribution is -0.973. The molecule has 0 spiro atoms. The van der Waals surface area contributed by atoms with Crippen LogP contribution < -0.4 is 0 Å². The van der Waals surface area contributed by atoms with E-state index in [-0.39, 0.29) is 30.3 Å². The minimum atomic E-state index is -1.08. The van der Waals surface area contributed by atoms with Crippen molar-refractivity contribution in [2.75, 3.05) is 6.54 Å². The lowest BCUT2D eigenvalue weighted by Gasteiger charge is -2.50. The maximum absolute atomic E-state index is 12.6. The molecule has 0 bridgehead atoms. The van der Waals surface area contributed by atoms with Gasteiger partial charge in [0.15, 0.2) is 18.1 Å². The summed E-state index contributed by atoms with van der Waals surface area (Å²) in [5.41, 5.74) is 0. The first-order valence-corrected chi connectivity index (χ1v) is 17.9. The Morgan fingerprint density at radius 3 is 1.07 bits per heavy atom. The van der Waals surface area contributed by atoms with Gasteiger partial charge in [0.25, 0.3) is 0 Å². The van der Waals surface area contributed by atoms with Gasteiger partial charge in [0.2, 0.25) is 0 Å². The summed E-state index contributed by atoms with van der Waals surface area (Å²) in [4.78, 5) is 37.8. The number of quaternary nitrogens is 1. The zero-order chi connectivity index (χ0) is 32.3. The average molecular weight is 611 g/mol. The molecule has 7 heteroatoms. The fraction of sp³-hybridized carbons (Fsp3) is 0.861. The van der Waals surface area contributed by atoms with E-state index in [1.165, 1.54) is 83.5 Å². The smallest absolute Gasteiger partial charge is 0.362 e. The van der Waals surface area contributed by atoms with Crippen molar-refractivity contribution in [2.45, 2.75) is 193 Å². The number of carboxylic acid groups (broad SMARTS) is 3. The van der Waals surface area contributed by atoms with Gasteiger partial charge in [-0.3, -0.25) is 4.48 Å². The molecule has 0 aromatic carbocycles. The van der Waals surface area contributed by atoms with Crippen molar-refractivity contribution < 1.29 is 34.2 Å². The van der Waals surface area contributed by atoms with Crippen LogP contribution in [0.15, 0.2) is 12.2 Å². The summed E-state index contributed by atoms with van der Waals surface area (Å²) < 4.78 is -0.372. The lowest BCUT2D eigenvalue weighted by Crippen LogP contribution is -2.72. The van der Waals surface area contributed by atoms with E-state index in [2.05, 4.69) is 19.1 Å². The third kappa shape index (κ3) is 16.7. The van der Waals surface area contributed by atoms with Crippen molar-refractivity contribution in [1.82, 2.24) is 0 Å². The molecule has 0 saturated heterocycles. The first-order chi connectivity index (χ1) is 20.7. The van der Waals surface area contributed by atoms with Gasteiger partial charge in [0, 0.05) is 19.3 Å². The Balaban J connectivity index is 4.84. The summed E-state index contributed by atoms with van der Waals surface area (Å²) in [7, 11) is 0. The van der Waals surface area contributed by atoms with Crippen LogP contribution in [0.4, 0.5) is 0 Å². The molecule has 0 aromatic rings. The van der Waals surface area contributed by atoms with Gasteiger partial charge in [0.05, 0.1) is 6.54 Å². The van der Waals surface area contributed by atoms with Crippen molar-refractivity contribution >= 4 is 17.9 Å². The van der Waals surface area contributed by atoms with E-state index in [1.807, 2.05) is 20.8 Å². The first-order valence-electron chi connectivity index (χ1n) is 17.9. The average Bonchev–Trinajstić information content (AvgIpc) is 2.97. The zero-order valence-corrected chi connectivity index (χ0v) is 28.4. The highest BCUT2D eigenvalue weighted by Crippen LogP contribution is 2.34. The lowest BCUT2D eigenvalue weighted by atomic mass is 9.91. The topological polar surface area (TPSA) is 112 Å². The van der Waals surface area contributed by atoms with E-state index >= 15 is 0 Å². The van der Waals surface area contributed by atoms with Gasteiger partial charge in [-0.2, -0.15) is 0 Å². The van der Waals surface area contributed by atoms with E-state index in [4.69, 9.17) is 0 Å². The zero-order valence-electron chi connectivity index (χ0n) is 28.4. The SMILES string of the molecule is CCCCCCCC/C=C/CCCCCCCCCCC[N+](C(CCC)C(=O)O)(C(CCC)C(=O)O)C(CCC)C(=O)O. The predicted octanol–water partition coefficient (Wildman–Crippen LogP) is 9.77. The molecule has 3 atom stereocenters. The Kier molecular flexibility index (Phi) is 25.3. The Morgan fingerprint density at radius 2 is 0.767 bits per heavy atom. The van der Waals surface area contributed by atoms with Gasteiger partial charge in [-0.1, -0.05) is 110 Å². The minimum Gasteiger partial charge on any atom is -0.477 e. The maximum atomic E-state index is 12.6. The molecule has 0 aliphatic rings. The number of hydrogen-bond acceptors (Lipinski definition) is 3. The number of allylic oxidation sites excluding steroid dienone is 2. The highest BCUT2D eigenvalue weighted by atomic mass is 16.4. The second-order valence-electron chi connectivity index (χ2n) is 12.6. The number of carbonyl (C=O) groups is 3. The van der Waals surface area contributed by atoms with Gasteiger partial charge >= 0.3 is 17.9 Å². The molecule has 3 unspecified atom stereocenters. The van der Waals surface area contributed by atoms with E-state index in [9.17, 15) is 29.7 Å². The predicted molar refractivity (Wildman–Crippen MR) is 177 cm³/mol. The Labute approximate surface area is 264 Å². The molecule has 252 valence electrons. The van der Waals surface area contributed by atoms with Crippen LogP contribution in [-0.2, 0) is 14.4 Å². The number of hydrogen-bond donors (Lipinski definition) is 3. The second-order valence-corrected chi connectivity index (χ2v) is 12.6. The Bertz CT molecular complexity index is 692. The van der Waals surface area contributed by atoms with Crippen molar-refractivity contribution in [1.29, 1.82) is 0 Å². The molecule has 0 saturated carbocycles. The summed E-state index contributed by atoms with van der Waals surface area (Å²) in [6, 6.07) is -3.14. The first kappa shape index (κ1) is 41.1. The summed E-state index contributed by atoms with van der Waals surface area (Å²) in [6.07, 6.45) is 27.4. The molecule has 0 rings (SSSR count).